The molecule has 0 aromatic heterocycles. The van der Waals surface area contributed by atoms with E-state index in [9.17, 15) is 14.4 Å². The molecule has 0 unspecified atom stereocenters. The molecule has 0 radical (unpaired) electrons. The van der Waals surface area contributed by atoms with Crippen molar-refractivity contribution in [2.45, 2.75) is 33.6 Å². The molecule has 1 aromatic rings. The molecular weight excluding hydrogens is 342 g/mol. The molecule has 27 heavy (non-hydrogen) atoms. The maximum Gasteiger partial charge on any atom is 0.228 e. The minimum Gasteiger partial charge on any atom is -0.339 e. The van der Waals surface area contributed by atoms with Crippen LogP contribution in [0.3, 0.4) is 0 Å². The average molecular weight is 371 g/mol. The van der Waals surface area contributed by atoms with E-state index in [4.69, 9.17) is 0 Å². The number of carbonyl (C=O) groups is 3. The number of rotatable bonds is 4. The number of benzene rings is 1. The van der Waals surface area contributed by atoms with Gasteiger partial charge in [-0.2, -0.15) is 0 Å². The van der Waals surface area contributed by atoms with Crippen LogP contribution in [-0.4, -0.2) is 60.2 Å². The Morgan fingerprint density at radius 3 is 2.19 bits per heavy atom. The third kappa shape index (κ3) is 4.15. The number of nitrogens with zero attached hydrogens (tertiary/aromatic N) is 3. The highest BCUT2D eigenvalue weighted by Crippen LogP contribution is 2.27. The number of amides is 3. The Balaban J connectivity index is 1.58. The summed E-state index contributed by atoms with van der Waals surface area (Å²) in [7, 11) is 0. The fourth-order valence-corrected chi connectivity index (χ4v) is 3.80. The second-order valence-electron chi connectivity index (χ2n) is 7.73. The summed E-state index contributed by atoms with van der Waals surface area (Å²) >= 11 is 0. The van der Waals surface area contributed by atoms with E-state index < -0.39 is 0 Å². The third-order valence-electron chi connectivity index (χ3n) is 5.53. The van der Waals surface area contributed by atoms with Crippen molar-refractivity contribution >= 4 is 23.4 Å². The van der Waals surface area contributed by atoms with E-state index in [1.807, 2.05) is 47.9 Å². The average Bonchev–Trinajstić information content (AvgIpc) is 3.08. The van der Waals surface area contributed by atoms with Crippen LogP contribution in [0, 0.1) is 11.8 Å². The van der Waals surface area contributed by atoms with Crippen molar-refractivity contribution in [3.8, 4) is 0 Å². The van der Waals surface area contributed by atoms with Crippen molar-refractivity contribution in [3.63, 3.8) is 0 Å². The van der Waals surface area contributed by atoms with Crippen LogP contribution in [0.2, 0.25) is 0 Å². The number of piperazine rings is 1. The standard InChI is InChI=1S/C21H29N3O3/c1-4-16-5-7-18(8-6-16)24-14-17(13-19(24)25)21(27)23-11-9-22(10-12-23)20(26)15(2)3/h5-8,15,17H,4,9-14H2,1-3H3/t17-/m0/s1. The molecule has 3 amide bonds. The van der Waals surface area contributed by atoms with E-state index in [0.29, 0.717) is 32.7 Å². The third-order valence-corrected chi connectivity index (χ3v) is 5.53. The summed E-state index contributed by atoms with van der Waals surface area (Å²) in [4.78, 5) is 42.8. The fraction of sp³-hybridized carbons (Fsp3) is 0.571. The lowest BCUT2D eigenvalue weighted by molar-refractivity contribution is -0.143. The molecule has 2 aliphatic rings. The van der Waals surface area contributed by atoms with Crippen molar-refractivity contribution in [2.24, 2.45) is 11.8 Å². The highest BCUT2D eigenvalue weighted by atomic mass is 16.2. The number of hydrogen-bond acceptors (Lipinski definition) is 3. The monoisotopic (exact) mass is 371 g/mol. The van der Waals surface area contributed by atoms with Gasteiger partial charge in [-0.3, -0.25) is 14.4 Å². The second-order valence-corrected chi connectivity index (χ2v) is 7.73. The van der Waals surface area contributed by atoms with Gasteiger partial charge < -0.3 is 14.7 Å². The maximum atomic E-state index is 12.9. The van der Waals surface area contributed by atoms with Crippen molar-refractivity contribution in [2.75, 3.05) is 37.6 Å². The number of aryl methyl sites for hydroxylation is 1. The molecule has 2 fully saturated rings. The van der Waals surface area contributed by atoms with Gasteiger partial charge in [0.1, 0.15) is 0 Å². The summed E-state index contributed by atoms with van der Waals surface area (Å²) in [6.45, 7) is 8.57. The van der Waals surface area contributed by atoms with Gasteiger partial charge in [0, 0.05) is 50.7 Å². The van der Waals surface area contributed by atoms with Crippen molar-refractivity contribution in [1.82, 2.24) is 9.80 Å². The van der Waals surface area contributed by atoms with E-state index in [1.54, 1.807) is 4.90 Å². The fourth-order valence-electron chi connectivity index (χ4n) is 3.80. The smallest absolute Gasteiger partial charge is 0.228 e. The molecule has 0 aliphatic carbocycles. The molecule has 6 heteroatoms. The van der Waals surface area contributed by atoms with Crippen molar-refractivity contribution < 1.29 is 14.4 Å². The van der Waals surface area contributed by atoms with E-state index >= 15 is 0 Å². The lowest BCUT2D eigenvalue weighted by atomic mass is 10.1. The Morgan fingerprint density at radius 1 is 1.04 bits per heavy atom. The molecular formula is C21H29N3O3. The highest BCUT2D eigenvalue weighted by molar-refractivity contribution is 6.00. The predicted octanol–water partition coefficient (Wildman–Crippen LogP) is 1.93. The van der Waals surface area contributed by atoms with Gasteiger partial charge in [-0.15, -0.1) is 0 Å². The van der Waals surface area contributed by atoms with Crippen LogP contribution in [0.5, 0.6) is 0 Å². The van der Waals surface area contributed by atoms with Crippen LogP contribution in [0.25, 0.3) is 0 Å². The van der Waals surface area contributed by atoms with E-state index in [2.05, 4.69) is 6.92 Å². The Hall–Kier alpha value is -2.37. The molecule has 0 saturated carbocycles. The first-order valence-electron chi connectivity index (χ1n) is 9.87. The quantitative estimate of drug-likeness (QED) is 0.813. The van der Waals surface area contributed by atoms with Crippen LogP contribution in [0.15, 0.2) is 24.3 Å². The Kier molecular flexibility index (Phi) is 5.82. The minimum absolute atomic E-state index is 0.00576. The molecule has 0 bridgehead atoms. The zero-order valence-corrected chi connectivity index (χ0v) is 16.5. The number of carbonyl (C=O) groups excluding carboxylic acids is 3. The number of anilines is 1. The summed E-state index contributed by atoms with van der Waals surface area (Å²) < 4.78 is 0. The first-order chi connectivity index (χ1) is 12.9. The SMILES string of the molecule is CCc1ccc(N2C[C@@H](C(=O)N3CCN(C(=O)C(C)C)CC3)CC2=O)cc1. The second kappa shape index (κ2) is 8.11. The van der Waals surface area contributed by atoms with Gasteiger partial charge >= 0.3 is 0 Å². The zero-order chi connectivity index (χ0) is 19.6. The molecule has 2 saturated heterocycles. The van der Waals surface area contributed by atoms with E-state index in [0.717, 1.165) is 12.1 Å². The normalized spacial score (nSPS) is 20.5. The lowest BCUT2D eigenvalue weighted by Crippen LogP contribution is -2.53. The van der Waals surface area contributed by atoms with Crippen LogP contribution < -0.4 is 4.90 Å². The Bertz CT molecular complexity index is 706. The maximum absolute atomic E-state index is 12.9. The largest absolute Gasteiger partial charge is 0.339 e. The summed E-state index contributed by atoms with van der Waals surface area (Å²) in [6.07, 6.45) is 1.22. The predicted molar refractivity (Wildman–Crippen MR) is 104 cm³/mol. The Morgan fingerprint density at radius 2 is 1.63 bits per heavy atom. The lowest BCUT2D eigenvalue weighted by Gasteiger charge is -2.36. The molecule has 146 valence electrons. The van der Waals surface area contributed by atoms with Gasteiger partial charge in [0.2, 0.25) is 17.7 Å². The molecule has 2 aliphatic heterocycles. The van der Waals surface area contributed by atoms with Crippen LogP contribution in [-0.2, 0) is 20.8 Å². The minimum atomic E-state index is -0.296. The van der Waals surface area contributed by atoms with Gasteiger partial charge in [-0.1, -0.05) is 32.9 Å². The van der Waals surface area contributed by atoms with Crippen molar-refractivity contribution in [1.29, 1.82) is 0 Å². The van der Waals surface area contributed by atoms with Crippen LogP contribution >= 0.6 is 0 Å². The highest BCUT2D eigenvalue weighted by Gasteiger charge is 2.38. The van der Waals surface area contributed by atoms with Crippen LogP contribution in [0.1, 0.15) is 32.8 Å². The van der Waals surface area contributed by atoms with E-state index in [-0.39, 0.29) is 36.0 Å². The topological polar surface area (TPSA) is 60.9 Å². The Labute approximate surface area is 161 Å². The van der Waals surface area contributed by atoms with Crippen molar-refractivity contribution in [3.05, 3.63) is 29.8 Å². The van der Waals surface area contributed by atoms with Gasteiger partial charge in [-0.05, 0) is 24.1 Å². The summed E-state index contributed by atoms with van der Waals surface area (Å²) in [5.74, 6) is -0.137. The molecule has 0 spiro atoms. The first-order valence-corrected chi connectivity index (χ1v) is 9.87. The van der Waals surface area contributed by atoms with Gasteiger partial charge in [0.05, 0.1) is 5.92 Å². The van der Waals surface area contributed by atoms with Gasteiger partial charge in [0.25, 0.3) is 0 Å². The molecule has 1 aromatic carbocycles. The first kappa shape index (κ1) is 19.4. The van der Waals surface area contributed by atoms with Gasteiger partial charge in [0.15, 0.2) is 0 Å². The number of hydrogen-bond donors (Lipinski definition) is 0. The summed E-state index contributed by atoms with van der Waals surface area (Å²) in [6, 6.07) is 7.98. The van der Waals surface area contributed by atoms with Crippen LogP contribution in [0.4, 0.5) is 5.69 Å². The summed E-state index contributed by atoms with van der Waals surface area (Å²) in [5, 5.41) is 0. The summed E-state index contributed by atoms with van der Waals surface area (Å²) in [5.41, 5.74) is 2.09. The molecule has 6 nitrogen and oxygen atoms in total. The molecule has 3 rings (SSSR count). The molecule has 0 N–H and O–H groups in total. The molecule has 2 heterocycles. The zero-order valence-electron chi connectivity index (χ0n) is 16.5. The molecule has 1 atom stereocenters. The van der Waals surface area contributed by atoms with Gasteiger partial charge in [-0.25, -0.2) is 0 Å². The van der Waals surface area contributed by atoms with E-state index in [1.165, 1.54) is 5.56 Å².